The molecule has 0 atom stereocenters. The number of hydrogen-bond acceptors (Lipinski definition) is 4. The summed E-state index contributed by atoms with van der Waals surface area (Å²) in [6.07, 6.45) is 2.43. The van der Waals surface area contributed by atoms with Gasteiger partial charge in [0.25, 0.3) is 0 Å². The number of H-pyrrole nitrogens is 1. The fourth-order valence-electron chi connectivity index (χ4n) is 2.20. The van der Waals surface area contributed by atoms with Crippen molar-refractivity contribution in [2.45, 2.75) is 19.8 Å². The van der Waals surface area contributed by atoms with Gasteiger partial charge in [0.1, 0.15) is 12.4 Å². The van der Waals surface area contributed by atoms with Gasteiger partial charge in [-0.1, -0.05) is 6.07 Å². The number of rotatable bonds is 6. The molecule has 0 aliphatic heterocycles. The fourth-order valence-corrected chi connectivity index (χ4v) is 2.49. The van der Waals surface area contributed by atoms with Crippen LogP contribution >= 0.6 is 12.2 Å². The first-order chi connectivity index (χ1) is 10.6. The Balaban J connectivity index is 1.65. The molecule has 0 radical (unpaired) electrons. The molecule has 116 valence electrons. The second-order valence-electron chi connectivity index (χ2n) is 5.47. The van der Waals surface area contributed by atoms with E-state index in [1.807, 2.05) is 35.8 Å². The third kappa shape index (κ3) is 3.61. The van der Waals surface area contributed by atoms with Gasteiger partial charge in [-0.2, -0.15) is 5.10 Å². The summed E-state index contributed by atoms with van der Waals surface area (Å²) in [6.45, 7) is 2.63. The monoisotopic (exact) mass is 318 g/mol. The SMILES string of the molecule is Cc1n[nH]c(=S)n1-c1cccc(NC(=O)COCC2CC2)c1. The number of ether oxygens (including phenoxy) is 1. The Kier molecular flexibility index (Phi) is 4.35. The quantitative estimate of drug-likeness (QED) is 0.803. The molecule has 0 bridgehead atoms. The molecule has 22 heavy (non-hydrogen) atoms. The van der Waals surface area contributed by atoms with Crippen LogP contribution in [0.25, 0.3) is 5.69 Å². The zero-order valence-electron chi connectivity index (χ0n) is 12.3. The van der Waals surface area contributed by atoms with Crippen LogP contribution in [-0.2, 0) is 9.53 Å². The largest absolute Gasteiger partial charge is 0.371 e. The van der Waals surface area contributed by atoms with Gasteiger partial charge in [0.2, 0.25) is 5.91 Å². The van der Waals surface area contributed by atoms with Crippen LogP contribution in [0.4, 0.5) is 5.69 Å². The van der Waals surface area contributed by atoms with Gasteiger partial charge in [-0.25, -0.2) is 0 Å². The lowest BCUT2D eigenvalue weighted by molar-refractivity contribution is -0.120. The van der Waals surface area contributed by atoms with Gasteiger partial charge >= 0.3 is 0 Å². The molecule has 1 saturated carbocycles. The summed E-state index contributed by atoms with van der Waals surface area (Å²) in [7, 11) is 0. The normalized spacial score (nSPS) is 14.0. The lowest BCUT2D eigenvalue weighted by Crippen LogP contribution is -2.19. The van der Waals surface area contributed by atoms with Crippen LogP contribution in [0.5, 0.6) is 0 Å². The van der Waals surface area contributed by atoms with E-state index in [2.05, 4.69) is 15.5 Å². The Bertz CT molecular complexity index is 733. The maximum atomic E-state index is 11.9. The Labute approximate surface area is 133 Å². The molecule has 1 aliphatic rings. The van der Waals surface area contributed by atoms with Gasteiger partial charge in [0.15, 0.2) is 4.77 Å². The van der Waals surface area contributed by atoms with Crippen molar-refractivity contribution in [2.75, 3.05) is 18.5 Å². The lowest BCUT2D eigenvalue weighted by Gasteiger charge is -2.09. The van der Waals surface area contributed by atoms with E-state index < -0.39 is 0 Å². The van der Waals surface area contributed by atoms with Crippen molar-refractivity contribution < 1.29 is 9.53 Å². The number of benzene rings is 1. The minimum atomic E-state index is -0.148. The Hall–Kier alpha value is -1.99. The molecule has 1 amide bonds. The molecule has 1 heterocycles. The van der Waals surface area contributed by atoms with Crippen LogP contribution in [0.3, 0.4) is 0 Å². The van der Waals surface area contributed by atoms with Crippen molar-refractivity contribution in [1.82, 2.24) is 14.8 Å². The van der Waals surface area contributed by atoms with E-state index in [4.69, 9.17) is 17.0 Å². The molecule has 0 spiro atoms. The highest BCUT2D eigenvalue weighted by Crippen LogP contribution is 2.28. The predicted octanol–water partition coefficient (Wildman–Crippen LogP) is 2.60. The summed E-state index contributed by atoms with van der Waals surface area (Å²) < 4.78 is 7.72. The molecule has 3 rings (SSSR count). The third-order valence-electron chi connectivity index (χ3n) is 3.51. The number of aryl methyl sites for hydroxylation is 1. The molecule has 0 unspecified atom stereocenters. The lowest BCUT2D eigenvalue weighted by atomic mass is 10.2. The van der Waals surface area contributed by atoms with Gasteiger partial charge in [-0.3, -0.25) is 14.5 Å². The number of carbonyl (C=O) groups excluding carboxylic acids is 1. The number of amides is 1. The third-order valence-corrected chi connectivity index (χ3v) is 3.79. The molecule has 6 nitrogen and oxygen atoms in total. The number of anilines is 1. The molecule has 2 aromatic rings. The standard InChI is InChI=1S/C15H18N4O2S/c1-10-17-18-15(22)19(10)13-4-2-3-12(7-13)16-14(20)9-21-8-11-5-6-11/h2-4,7,11H,5-6,8-9H2,1H3,(H,16,20)(H,18,22). The van der Waals surface area contributed by atoms with E-state index in [0.29, 0.717) is 23.0 Å². The number of nitrogens with zero attached hydrogens (tertiary/aromatic N) is 2. The Morgan fingerprint density at radius 1 is 1.55 bits per heavy atom. The summed E-state index contributed by atoms with van der Waals surface area (Å²) in [5.41, 5.74) is 1.56. The average molecular weight is 318 g/mol. The zero-order chi connectivity index (χ0) is 15.5. The molecular formula is C15H18N4O2S. The maximum absolute atomic E-state index is 11.9. The van der Waals surface area contributed by atoms with Crippen molar-refractivity contribution in [3.05, 3.63) is 34.9 Å². The number of nitrogens with one attached hydrogen (secondary N) is 2. The van der Waals surface area contributed by atoms with Crippen LogP contribution in [0.1, 0.15) is 18.7 Å². The van der Waals surface area contributed by atoms with Crippen LogP contribution in [0.2, 0.25) is 0 Å². The average Bonchev–Trinajstić information content (AvgIpc) is 3.24. The van der Waals surface area contributed by atoms with E-state index in [-0.39, 0.29) is 12.5 Å². The molecule has 1 aromatic carbocycles. The second kappa shape index (κ2) is 6.41. The highest BCUT2D eigenvalue weighted by atomic mass is 32.1. The van der Waals surface area contributed by atoms with Crippen LogP contribution < -0.4 is 5.32 Å². The maximum Gasteiger partial charge on any atom is 0.250 e. The minimum Gasteiger partial charge on any atom is -0.371 e. The molecule has 1 aliphatic carbocycles. The summed E-state index contributed by atoms with van der Waals surface area (Å²) in [4.78, 5) is 11.9. The van der Waals surface area contributed by atoms with Crippen molar-refractivity contribution >= 4 is 23.8 Å². The van der Waals surface area contributed by atoms with Crippen molar-refractivity contribution in [3.8, 4) is 5.69 Å². The first-order valence-corrected chi connectivity index (χ1v) is 7.66. The zero-order valence-corrected chi connectivity index (χ0v) is 13.2. The smallest absolute Gasteiger partial charge is 0.250 e. The molecule has 1 fully saturated rings. The van der Waals surface area contributed by atoms with Gasteiger partial charge in [0, 0.05) is 5.69 Å². The number of hydrogen-bond donors (Lipinski definition) is 2. The molecule has 0 saturated heterocycles. The first-order valence-electron chi connectivity index (χ1n) is 7.25. The number of aromatic nitrogens is 3. The van der Waals surface area contributed by atoms with E-state index >= 15 is 0 Å². The fraction of sp³-hybridized carbons (Fsp3) is 0.400. The van der Waals surface area contributed by atoms with E-state index in [9.17, 15) is 4.79 Å². The number of aromatic amines is 1. The van der Waals surface area contributed by atoms with Crippen LogP contribution in [0.15, 0.2) is 24.3 Å². The summed E-state index contributed by atoms with van der Waals surface area (Å²) in [6, 6.07) is 7.47. The van der Waals surface area contributed by atoms with Crippen molar-refractivity contribution in [2.24, 2.45) is 5.92 Å². The molecule has 7 heteroatoms. The minimum absolute atomic E-state index is 0.0882. The summed E-state index contributed by atoms with van der Waals surface area (Å²) in [5.74, 6) is 1.27. The summed E-state index contributed by atoms with van der Waals surface area (Å²) >= 11 is 5.21. The van der Waals surface area contributed by atoms with Gasteiger partial charge in [-0.05, 0) is 56.1 Å². The van der Waals surface area contributed by atoms with Crippen LogP contribution in [-0.4, -0.2) is 33.9 Å². The predicted molar refractivity (Wildman–Crippen MR) is 85.7 cm³/mol. The van der Waals surface area contributed by atoms with E-state index in [0.717, 1.165) is 11.5 Å². The Morgan fingerprint density at radius 3 is 3.05 bits per heavy atom. The van der Waals surface area contributed by atoms with Crippen molar-refractivity contribution in [3.63, 3.8) is 0 Å². The molecular weight excluding hydrogens is 300 g/mol. The molecule has 2 N–H and O–H groups in total. The molecule has 1 aromatic heterocycles. The highest BCUT2D eigenvalue weighted by Gasteiger charge is 2.21. The van der Waals surface area contributed by atoms with Crippen LogP contribution in [0, 0.1) is 17.6 Å². The topological polar surface area (TPSA) is 71.9 Å². The van der Waals surface area contributed by atoms with E-state index in [1.165, 1.54) is 12.8 Å². The van der Waals surface area contributed by atoms with Crippen molar-refractivity contribution in [1.29, 1.82) is 0 Å². The highest BCUT2D eigenvalue weighted by molar-refractivity contribution is 7.71. The van der Waals surface area contributed by atoms with Gasteiger partial charge in [0.05, 0.1) is 12.3 Å². The number of carbonyl (C=O) groups is 1. The first kappa shape index (κ1) is 14.9. The Morgan fingerprint density at radius 2 is 2.36 bits per heavy atom. The second-order valence-corrected chi connectivity index (χ2v) is 5.86. The summed E-state index contributed by atoms with van der Waals surface area (Å²) in [5, 5.41) is 9.67. The van der Waals surface area contributed by atoms with Gasteiger partial charge in [-0.15, -0.1) is 0 Å². The van der Waals surface area contributed by atoms with Gasteiger partial charge < -0.3 is 10.1 Å². The van der Waals surface area contributed by atoms with E-state index in [1.54, 1.807) is 0 Å².